The van der Waals surface area contributed by atoms with Crippen LogP contribution in [0.2, 0.25) is 0 Å². The van der Waals surface area contributed by atoms with Gasteiger partial charge in [0.2, 0.25) is 0 Å². The molecule has 0 unspecified atom stereocenters. The average molecular weight is 188 g/mol. The largest absolute Gasteiger partial charge is 0.121 e. The van der Waals surface area contributed by atoms with E-state index in [1.165, 1.54) is 12.0 Å². The Kier molecular flexibility index (Phi) is 3.55. The van der Waals surface area contributed by atoms with Crippen LogP contribution < -0.4 is 0 Å². The Hall–Kier alpha value is -1.00. The van der Waals surface area contributed by atoms with E-state index in [-0.39, 0.29) is 5.41 Å². The van der Waals surface area contributed by atoms with Crippen molar-refractivity contribution in [1.29, 1.82) is 0 Å². The van der Waals surface area contributed by atoms with Crippen LogP contribution >= 0.6 is 0 Å². The molecule has 0 saturated heterocycles. The molecule has 0 heteroatoms. The molecule has 0 aromatic heterocycles. The zero-order chi connectivity index (χ0) is 10.6. The fourth-order valence-corrected chi connectivity index (χ4v) is 2.02. The van der Waals surface area contributed by atoms with Gasteiger partial charge in [-0.3, -0.25) is 0 Å². The quantitative estimate of drug-likeness (QED) is 0.580. The smallest absolute Gasteiger partial charge is 0.00950 e. The van der Waals surface area contributed by atoms with Crippen LogP contribution in [0.1, 0.15) is 34.1 Å². The lowest BCUT2D eigenvalue weighted by molar-refractivity contribution is 0.351. The first-order chi connectivity index (χ1) is 6.52. The second-order valence-corrected chi connectivity index (χ2v) is 4.97. The molecule has 14 heavy (non-hydrogen) atoms. The molecule has 0 atom stereocenters. The normalized spacial score (nSPS) is 15.9. The van der Waals surface area contributed by atoms with Gasteiger partial charge in [0.15, 0.2) is 0 Å². The molecule has 1 aliphatic carbocycles. The average Bonchev–Trinajstić information content (AvgIpc) is 2.28. The second kappa shape index (κ2) is 4.48. The minimum Gasteiger partial charge on any atom is -0.121 e. The third-order valence-electron chi connectivity index (χ3n) is 2.52. The van der Waals surface area contributed by atoms with Gasteiger partial charge in [-0.2, -0.15) is 0 Å². The molecule has 0 aliphatic heterocycles. The predicted octanol–water partition coefficient (Wildman–Crippen LogP) is 4.27. The van der Waals surface area contributed by atoms with Crippen molar-refractivity contribution in [2.24, 2.45) is 11.3 Å². The van der Waals surface area contributed by atoms with E-state index in [1.807, 2.05) is 12.2 Å². The molecular weight excluding hydrogens is 168 g/mol. The monoisotopic (exact) mass is 188 g/mol. The highest BCUT2D eigenvalue weighted by Gasteiger charge is 2.22. The standard InChI is InChI=1S/C14H20/c1-12(2)11-14(3,4)13-9-7-5-6-8-10-13/h5-7,9-10,12H,11H2,1-4H3. The molecule has 0 spiro atoms. The summed E-state index contributed by atoms with van der Waals surface area (Å²) in [6, 6.07) is 0. The summed E-state index contributed by atoms with van der Waals surface area (Å²) in [4.78, 5) is 0. The summed E-state index contributed by atoms with van der Waals surface area (Å²) in [7, 11) is 0. The van der Waals surface area contributed by atoms with Gasteiger partial charge in [0.05, 0.1) is 0 Å². The Bertz CT molecular complexity index is 305. The van der Waals surface area contributed by atoms with Crippen molar-refractivity contribution < 1.29 is 0 Å². The van der Waals surface area contributed by atoms with E-state index in [9.17, 15) is 0 Å². The highest BCUT2D eigenvalue weighted by molar-refractivity contribution is 5.33. The summed E-state index contributed by atoms with van der Waals surface area (Å²) in [6.45, 7) is 9.15. The summed E-state index contributed by atoms with van der Waals surface area (Å²) in [5.74, 6) is 0.732. The zero-order valence-corrected chi connectivity index (χ0v) is 9.67. The maximum atomic E-state index is 3.17. The van der Waals surface area contributed by atoms with Crippen molar-refractivity contribution in [3.63, 3.8) is 0 Å². The van der Waals surface area contributed by atoms with Gasteiger partial charge in [-0.25, -0.2) is 0 Å². The van der Waals surface area contributed by atoms with Crippen molar-refractivity contribution in [1.82, 2.24) is 0 Å². The molecule has 1 aliphatic rings. The summed E-state index contributed by atoms with van der Waals surface area (Å²) >= 11 is 0. The first-order valence-corrected chi connectivity index (χ1v) is 5.32. The number of rotatable bonds is 3. The van der Waals surface area contributed by atoms with Crippen molar-refractivity contribution >= 4 is 0 Å². The zero-order valence-electron chi connectivity index (χ0n) is 9.67. The Morgan fingerprint density at radius 2 is 2.00 bits per heavy atom. The summed E-state index contributed by atoms with van der Waals surface area (Å²) in [5.41, 5.74) is 4.80. The molecule has 0 saturated carbocycles. The van der Waals surface area contributed by atoms with Gasteiger partial charge in [0.1, 0.15) is 0 Å². The van der Waals surface area contributed by atoms with Gasteiger partial charge < -0.3 is 0 Å². The molecule has 0 fully saturated rings. The first kappa shape index (κ1) is 11.1. The van der Waals surface area contributed by atoms with Gasteiger partial charge >= 0.3 is 0 Å². The van der Waals surface area contributed by atoms with Gasteiger partial charge in [0, 0.05) is 0 Å². The lowest BCUT2D eigenvalue weighted by Crippen LogP contribution is -2.16. The van der Waals surface area contributed by atoms with Crippen molar-refractivity contribution in [2.45, 2.75) is 34.1 Å². The highest BCUT2D eigenvalue weighted by Crippen LogP contribution is 2.34. The third-order valence-corrected chi connectivity index (χ3v) is 2.52. The molecule has 0 amide bonds. The number of hydrogen-bond donors (Lipinski definition) is 0. The van der Waals surface area contributed by atoms with Crippen LogP contribution in [0.15, 0.2) is 41.7 Å². The van der Waals surface area contributed by atoms with Gasteiger partial charge in [-0.05, 0) is 35.5 Å². The molecule has 0 aromatic rings. The van der Waals surface area contributed by atoms with Crippen LogP contribution in [0.3, 0.4) is 0 Å². The van der Waals surface area contributed by atoms with Crippen LogP contribution in [-0.2, 0) is 0 Å². The Morgan fingerprint density at radius 3 is 2.64 bits per heavy atom. The predicted molar refractivity (Wildman–Crippen MR) is 63.1 cm³/mol. The Morgan fingerprint density at radius 1 is 1.29 bits per heavy atom. The molecule has 0 heterocycles. The van der Waals surface area contributed by atoms with E-state index in [0.717, 1.165) is 5.92 Å². The van der Waals surface area contributed by atoms with E-state index in [0.29, 0.717) is 0 Å². The lowest BCUT2D eigenvalue weighted by atomic mass is 9.77. The second-order valence-electron chi connectivity index (χ2n) is 4.97. The molecule has 0 aromatic carbocycles. The molecular formula is C14H20. The van der Waals surface area contributed by atoms with Crippen LogP contribution in [0.4, 0.5) is 0 Å². The molecule has 1 rings (SSSR count). The fourth-order valence-electron chi connectivity index (χ4n) is 2.02. The van der Waals surface area contributed by atoms with E-state index in [1.54, 1.807) is 0 Å². The minimum absolute atomic E-state index is 0.254. The Balaban J connectivity index is 2.86. The highest BCUT2D eigenvalue weighted by atomic mass is 14.3. The van der Waals surface area contributed by atoms with E-state index in [4.69, 9.17) is 0 Å². The van der Waals surface area contributed by atoms with Crippen LogP contribution in [-0.4, -0.2) is 0 Å². The SMILES string of the molecule is CC(C)CC(C)(C)C1=CC=CC=C=C1. The van der Waals surface area contributed by atoms with Gasteiger partial charge in [-0.1, -0.05) is 45.9 Å². The van der Waals surface area contributed by atoms with E-state index in [2.05, 4.69) is 51.7 Å². The van der Waals surface area contributed by atoms with Crippen LogP contribution in [0.5, 0.6) is 0 Å². The summed E-state index contributed by atoms with van der Waals surface area (Å²) < 4.78 is 0. The molecule has 0 N–H and O–H groups in total. The maximum absolute atomic E-state index is 3.17. The fraction of sp³-hybridized carbons (Fsp3) is 0.500. The maximum Gasteiger partial charge on any atom is -0.00950 e. The topological polar surface area (TPSA) is 0 Å². The lowest BCUT2D eigenvalue weighted by Gasteiger charge is -2.27. The number of hydrogen-bond acceptors (Lipinski definition) is 0. The van der Waals surface area contributed by atoms with Crippen molar-refractivity contribution in [3.05, 3.63) is 41.7 Å². The van der Waals surface area contributed by atoms with Crippen molar-refractivity contribution in [3.8, 4) is 0 Å². The first-order valence-electron chi connectivity index (χ1n) is 5.32. The van der Waals surface area contributed by atoms with Crippen LogP contribution in [0, 0.1) is 11.3 Å². The minimum atomic E-state index is 0.254. The van der Waals surface area contributed by atoms with E-state index < -0.39 is 0 Å². The Labute approximate surface area is 87.7 Å². The third kappa shape index (κ3) is 3.05. The van der Waals surface area contributed by atoms with Crippen LogP contribution in [0.25, 0.3) is 0 Å². The molecule has 76 valence electrons. The molecule has 0 nitrogen and oxygen atoms in total. The molecule has 0 bridgehead atoms. The summed E-state index contributed by atoms with van der Waals surface area (Å²) in [5, 5.41) is 0. The van der Waals surface area contributed by atoms with Gasteiger partial charge in [0.25, 0.3) is 0 Å². The van der Waals surface area contributed by atoms with Gasteiger partial charge in [-0.15, -0.1) is 5.73 Å². The van der Waals surface area contributed by atoms with E-state index >= 15 is 0 Å². The summed E-state index contributed by atoms with van der Waals surface area (Å²) in [6.07, 6.45) is 11.6. The van der Waals surface area contributed by atoms with Crippen molar-refractivity contribution in [2.75, 3.05) is 0 Å². The molecule has 0 radical (unpaired) electrons. The number of allylic oxidation sites excluding steroid dienone is 5.